The molecule has 0 amide bonds. The van der Waals surface area contributed by atoms with Crippen molar-refractivity contribution in [2.45, 2.75) is 23.9 Å². The van der Waals surface area contributed by atoms with Gasteiger partial charge in [-0.1, -0.05) is 6.07 Å². The van der Waals surface area contributed by atoms with Crippen LogP contribution in [0.15, 0.2) is 34.3 Å². The number of hydrogen-bond donors (Lipinski definition) is 1. The third-order valence-corrected chi connectivity index (χ3v) is 3.29. The predicted molar refractivity (Wildman–Crippen MR) is 71.2 cm³/mol. The summed E-state index contributed by atoms with van der Waals surface area (Å²) >= 11 is 1.37. The molecule has 2 aromatic rings. The Labute approximate surface area is 110 Å². The fraction of sp³-hybridized carbons (Fsp3) is 0.154. The standard InChI is InChI=1S/C13H12N4S/c1-8-6-9(2)17-13(16-8)18-11-5-3-4-10(7-14)12(11)15/h3-6H,15H2,1-2H3. The van der Waals surface area contributed by atoms with Crippen molar-refractivity contribution in [3.05, 3.63) is 41.2 Å². The van der Waals surface area contributed by atoms with Crippen LogP contribution in [0.2, 0.25) is 0 Å². The van der Waals surface area contributed by atoms with Gasteiger partial charge in [0.15, 0.2) is 5.16 Å². The van der Waals surface area contributed by atoms with Crippen molar-refractivity contribution in [3.63, 3.8) is 0 Å². The van der Waals surface area contributed by atoms with Crippen LogP contribution in [0.3, 0.4) is 0 Å². The minimum atomic E-state index is 0.476. The molecule has 2 rings (SSSR count). The summed E-state index contributed by atoms with van der Waals surface area (Å²) < 4.78 is 0. The van der Waals surface area contributed by atoms with Crippen molar-refractivity contribution < 1.29 is 0 Å². The summed E-state index contributed by atoms with van der Waals surface area (Å²) in [6.45, 7) is 3.85. The van der Waals surface area contributed by atoms with E-state index < -0.39 is 0 Å². The van der Waals surface area contributed by atoms with E-state index >= 15 is 0 Å². The van der Waals surface area contributed by atoms with Crippen molar-refractivity contribution in [3.8, 4) is 6.07 Å². The zero-order valence-electron chi connectivity index (χ0n) is 10.1. The second-order valence-corrected chi connectivity index (χ2v) is 4.87. The molecule has 0 aliphatic heterocycles. The van der Waals surface area contributed by atoms with Crippen molar-refractivity contribution in [1.29, 1.82) is 5.26 Å². The van der Waals surface area contributed by atoms with Crippen LogP contribution in [0.1, 0.15) is 17.0 Å². The van der Waals surface area contributed by atoms with Crippen LogP contribution in [-0.2, 0) is 0 Å². The number of nitrogen functional groups attached to an aromatic ring is 1. The minimum Gasteiger partial charge on any atom is -0.397 e. The molecule has 0 aliphatic carbocycles. The normalized spacial score (nSPS) is 10.1. The quantitative estimate of drug-likeness (QED) is 0.660. The predicted octanol–water partition coefficient (Wildman–Crippen LogP) is 2.70. The number of rotatable bonds is 2. The molecule has 1 heterocycles. The van der Waals surface area contributed by atoms with Gasteiger partial charge >= 0.3 is 0 Å². The maximum absolute atomic E-state index is 8.93. The summed E-state index contributed by atoms with van der Waals surface area (Å²) in [5.74, 6) is 0. The first-order valence-corrected chi connectivity index (χ1v) is 6.20. The van der Waals surface area contributed by atoms with Gasteiger partial charge in [-0.3, -0.25) is 0 Å². The SMILES string of the molecule is Cc1cc(C)nc(Sc2cccc(C#N)c2N)n1. The third kappa shape index (κ3) is 2.60. The average Bonchev–Trinajstić information content (AvgIpc) is 2.30. The van der Waals surface area contributed by atoms with Crippen LogP contribution >= 0.6 is 11.8 Å². The first kappa shape index (κ1) is 12.4. The molecule has 2 N–H and O–H groups in total. The number of anilines is 1. The first-order chi connectivity index (χ1) is 8.60. The molecular formula is C13H12N4S. The lowest BCUT2D eigenvalue weighted by Crippen LogP contribution is -1.96. The number of benzene rings is 1. The van der Waals surface area contributed by atoms with Crippen molar-refractivity contribution in [2.24, 2.45) is 0 Å². The van der Waals surface area contributed by atoms with Gasteiger partial charge in [-0.25, -0.2) is 9.97 Å². The van der Waals surface area contributed by atoms with Crippen LogP contribution < -0.4 is 5.73 Å². The molecule has 1 aromatic carbocycles. The van der Waals surface area contributed by atoms with Gasteiger partial charge in [0.1, 0.15) is 6.07 Å². The highest BCUT2D eigenvalue weighted by Gasteiger charge is 2.08. The molecule has 0 saturated carbocycles. The molecule has 0 atom stereocenters. The number of nitrogens with zero attached hydrogens (tertiary/aromatic N) is 3. The Morgan fingerprint density at radius 1 is 1.22 bits per heavy atom. The number of aryl methyl sites for hydroxylation is 2. The Kier molecular flexibility index (Phi) is 3.49. The molecular weight excluding hydrogens is 244 g/mol. The molecule has 0 bridgehead atoms. The summed E-state index contributed by atoms with van der Waals surface area (Å²) in [6.07, 6.45) is 0. The van der Waals surface area contributed by atoms with Gasteiger partial charge in [-0.15, -0.1) is 0 Å². The summed E-state index contributed by atoms with van der Waals surface area (Å²) in [6, 6.07) is 9.35. The van der Waals surface area contributed by atoms with E-state index in [4.69, 9.17) is 11.0 Å². The zero-order valence-corrected chi connectivity index (χ0v) is 11.0. The monoisotopic (exact) mass is 256 g/mol. The summed E-state index contributed by atoms with van der Waals surface area (Å²) in [4.78, 5) is 9.48. The van der Waals surface area contributed by atoms with Crippen LogP contribution in [-0.4, -0.2) is 9.97 Å². The largest absolute Gasteiger partial charge is 0.397 e. The zero-order chi connectivity index (χ0) is 13.1. The van der Waals surface area contributed by atoms with E-state index in [0.29, 0.717) is 16.4 Å². The lowest BCUT2D eigenvalue weighted by Gasteiger charge is -2.06. The molecule has 4 nitrogen and oxygen atoms in total. The minimum absolute atomic E-state index is 0.476. The maximum Gasteiger partial charge on any atom is 0.192 e. The van der Waals surface area contributed by atoms with Crippen LogP contribution in [0, 0.1) is 25.2 Å². The molecule has 0 saturated heterocycles. The Bertz CT molecular complexity index is 611. The van der Waals surface area contributed by atoms with Gasteiger partial charge < -0.3 is 5.73 Å². The average molecular weight is 256 g/mol. The van der Waals surface area contributed by atoms with Crippen LogP contribution in [0.5, 0.6) is 0 Å². The fourth-order valence-corrected chi connectivity index (χ4v) is 2.51. The smallest absolute Gasteiger partial charge is 0.192 e. The van der Waals surface area contributed by atoms with Gasteiger partial charge in [-0.2, -0.15) is 5.26 Å². The molecule has 90 valence electrons. The van der Waals surface area contributed by atoms with E-state index in [0.717, 1.165) is 16.3 Å². The van der Waals surface area contributed by atoms with E-state index in [9.17, 15) is 0 Å². The van der Waals surface area contributed by atoms with E-state index in [2.05, 4.69) is 16.0 Å². The Morgan fingerprint density at radius 2 is 1.89 bits per heavy atom. The molecule has 0 unspecified atom stereocenters. The van der Waals surface area contributed by atoms with Gasteiger partial charge in [0.05, 0.1) is 11.3 Å². The molecule has 0 spiro atoms. The lowest BCUT2D eigenvalue weighted by atomic mass is 10.2. The highest BCUT2D eigenvalue weighted by atomic mass is 32.2. The Hall–Kier alpha value is -2.06. The molecule has 5 heteroatoms. The highest BCUT2D eigenvalue weighted by Crippen LogP contribution is 2.31. The van der Waals surface area contributed by atoms with E-state index in [-0.39, 0.29) is 0 Å². The number of para-hydroxylation sites is 1. The second-order valence-electron chi connectivity index (χ2n) is 3.86. The van der Waals surface area contributed by atoms with Crippen LogP contribution in [0.25, 0.3) is 0 Å². The fourth-order valence-electron chi connectivity index (χ4n) is 1.57. The van der Waals surface area contributed by atoms with E-state index in [1.165, 1.54) is 11.8 Å². The van der Waals surface area contributed by atoms with Crippen molar-refractivity contribution in [2.75, 3.05) is 5.73 Å². The van der Waals surface area contributed by atoms with Crippen LogP contribution in [0.4, 0.5) is 5.69 Å². The number of hydrogen-bond acceptors (Lipinski definition) is 5. The summed E-state index contributed by atoms with van der Waals surface area (Å²) in [5.41, 5.74) is 8.71. The second kappa shape index (κ2) is 5.07. The third-order valence-electron chi connectivity index (χ3n) is 2.35. The van der Waals surface area contributed by atoms with Gasteiger partial charge in [0, 0.05) is 16.3 Å². The van der Waals surface area contributed by atoms with Gasteiger partial charge in [0.2, 0.25) is 0 Å². The summed E-state index contributed by atoms with van der Waals surface area (Å²) in [5, 5.41) is 9.57. The Morgan fingerprint density at radius 3 is 2.50 bits per heavy atom. The lowest BCUT2D eigenvalue weighted by molar-refractivity contribution is 0.902. The number of nitrogens with two attached hydrogens (primary N) is 1. The van der Waals surface area contributed by atoms with E-state index in [1.54, 1.807) is 12.1 Å². The molecule has 1 aromatic heterocycles. The summed E-state index contributed by atoms with van der Waals surface area (Å²) in [7, 11) is 0. The highest BCUT2D eigenvalue weighted by molar-refractivity contribution is 7.99. The van der Waals surface area contributed by atoms with Crippen molar-refractivity contribution in [1.82, 2.24) is 9.97 Å². The first-order valence-electron chi connectivity index (χ1n) is 5.39. The van der Waals surface area contributed by atoms with E-state index in [1.807, 2.05) is 26.0 Å². The molecule has 0 fully saturated rings. The molecule has 0 radical (unpaired) electrons. The van der Waals surface area contributed by atoms with Gasteiger partial charge in [0.25, 0.3) is 0 Å². The molecule has 18 heavy (non-hydrogen) atoms. The maximum atomic E-state index is 8.93. The Balaban J connectivity index is 2.37. The van der Waals surface area contributed by atoms with Gasteiger partial charge in [-0.05, 0) is 43.8 Å². The number of nitriles is 1. The topological polar surface area (TPSA) is 75.6 Å². The van der Waals surface area contributed by atoms with Crippen molar-refractivity contribution >= 4 is 17.4 Å². The number of aromatic nitrogens is 2. The molecule has 0 aliphatic rings.